The average Bonchev–Trinajstić information content (AvgIpc) is 2.30. The Morgan fingerprint density at radius 1 is 1.00 bits per heavy atom. The van der Waals surface area contributed by atoms with Crippen LogP contribution in [-0.4, -0.2) is 25.2 Å². The van der Waals surface area contributed by atoms with Gasteiger partial charge in [0.2, 0.25) is 0 Å². The Labute approximate surface area is 96.3 Å². The maximum absolute atomic E-state index is 11.5. The Kier molecular flexibility index (Phi) is 5.29. The molecule has 92 valence electrons. The Morgan fingerprint density at radius 2 is 1.44 bits per heavy atom. The summed E-state index contributed by atoms with van der Waals surface area (Å²) in [6.07, 6.45) is 3.13. The van der Waals surface area contributed by atoms with Gasteiger partial charge in [-0.1, -0.05) is 6.42 Å². The van der Waals surface area contributed by atoms with Crippen LogP contribution in [0.15, 0.2) is 0 Å². The zero-order valence-electron chi connectivity index (χ0n) is 10.0. The standard InChI is InChI=1S/C12H20O4/c1-3-15-11(13)9-6-5-7-10(8-9)12(14)16-4-2/h9-10H,3-8H2,1-2H3/t9-,10-/m0/s1. The van der Waals surface area contributed by atoms with Crippen molar-refractivity contribution in [1.82, 2.24) is 0 Å². The lowest BCUT2D eigenvalue weighted by atomic mass is 9.81. The predicted octanol–water partition coefficient (Wildman–Crippen LogP) is 1.92. The number of hydrogen-bond acceptors (Lipinski definition) is 4. The first kappa shape index (κ1) is 13.0. The van der Waals surface area contributed by atoms with Gasteiger partial charge in [0.15, 0.2) is 0 Å². The van der Waals surface area contributed by atoms with E-state index >= 15 is 0 Å². The minimum Gasteiger partial charge on any atom is -0.466 e. The van der Waals surface area contributed by atoms with Gasteiger partial charge in [-0.15, -0.1) is 0 Å². The molecule has 4 heteroatoms. The SMILES string of the molecule is CCOC(=O)[C@H]1CCC[C@H](C(=O)OCC)C1. The molecule has 2 atom stereocenters. The molecule has 1 aliphatic carbocycles. The first-order valence-corrected chi connectivity index (χ1v) is 6.02. The van der Waals surface area contributed by atoms with E-state index in [0.717, 1.165) is 19.3 Å². The van der Waals surface area contributed by atoms with Crippen LogP contribution in [0.2, 0.25) is 0 Å². The maximum Gasteiger partial charge on any atom is 0.308 e. The lowest BCUT2D eigenvalue weighted by molar-refractivity contribution is -0.154. The Morgan fingerprint density at radius 3 is 1.81 bits per heavy atom. The molecular weight excluding hydrogens is 208 g/mol. The minimum absolute atomic E-state index is 0.122. The molecule has 1 saturated carbocycles. The van der Waals surface area contributed by atoms with Gasteiger partial charge in [-0.05, 0) is 33.1 Å². The van der Waals surface area contributed by atoms with Crippen molar-refractivity contribution in [2.75, 3.05) is 13.2 Å². The van der Waals surface area contributed by atoms with Crippen LogP contribution in [-0.2, 0) is 19.1 Å². The van der Waals surface area contributed by atoms with Crippen molar-refractivity contribution in [3.63, 3.8) is 0 Å². The summed E-state index contributed by atoms with van der Waals surface area (Å²) in [6.45, 7) is 4.39. The Bertz CT molecular complexity index is 225. The fourth-order valence-electron chi connectivity index (χ4n) is 2.14. The molecular formula is C12H20O4. The van der Waals surface area contributed by atoms with Crippen LogP contribution in [0.25, 0.3) is 0 Å². The quantitative estimate of drug-likeness (QED) is 0.690. The lowest BCUT2D eigenvalue weighted by Gasteiger charge is -2.26. The van der Waals surface area contributed by atoms with Crippen LogP contribution in [0.1, 0.15) is 39.5 Å². The molecule has 0 aromatic heterocycles. The highest BCUT2D eigenvalue weighted by atomic mass is 16.5. The molecule has 0 aromatic rings. The molecule has 0 aliphatic heterocycles. The minimum atomic E-state index is -0.170. The van der Waals surface area contributed by atoms with E-state index in [9.17, 15) is 9.59 Å². The molecule has 0 amide bonds. The molecule has 0 unspecified atom stereocenters. The van der Waals surface area contributed by atoms with Crippen molar-refractivity contribution in [1.29, 1.82) is 0 Å². The molecule has 0 spiro atoms. The van der Waals surface area contributed by atoms with Gasteiger partial charge in [-0.25, -0.2) is 0 Å². The number of ether oxygens (including phenoxy) is 2. The molecule has 4 nitrogen and oxygen atoms in total. The van der Waals surface area contributed by atoms with E-state index < -0.39 is 0 Å². The monoisotopic (exact) mass is 228 g/mol. The second-order valence-corrected chi connectivity index (χ2v) is 4.06. The number of hydrogen-bond donors (Lipinski definition) is 0. The van der Waals surface area contributed by atoms with Crippen LogP contribution < -0.4 is 0 Å². The summed E-state index contributed by atoms with van der Waals surface area (Å²) in [5, 5.41) is 0. The molecule has 1 fully saturated rings. The van der Waals surface area contributed by atoms with E-state index in [1.54, 1.807) is 13.8 Å². The van der Waals surface area contributed by atoms with Crippen LogP contribution in [0.5, 0.6) is 0 Å². The van der Waals surface area contributed by atoms with Crippen molar-refractivity contribution in [3.05, 3.63) is 0 Å². The fourth-order valence-corrected chi connectivity index (χ4v) is 2.14. The summed E-state index contributed by atoms with van der Waals surface area (Å²) in [7, 11) is 0. The summed E-state index contributed by atoms with van der Waals surface area (Å²) in [6, 6.07) is 0. The molecule has 16 heavy (non-hydrogen) atoms. The molecule has 0 heterocycles. The first-order valence-electron chi connectivity index (χ1n) is 6.02. The van der Waals surface area contributed by atoms with E-state index in [0.29, 0.717) is 19.6 Å². The van der Waals surface area contributed by atoms with Gasteiger partial charge in [-0.2, -0.15) is 0 Å². The van der Waals surface area contributed by atoms with Crippen molar-refractivity contribution < 1.29 is 19.1 Å². The second-order valence-electron chi connectivity index (χ2n) is 4.06. The smallest absolute Gasteiger partial charge is 0.308 e. The van der Waals surface area contributed by atoms with Gasteiger partial charge in [-0.3, -0.25) is 9.59 Å². The maximum atomic E-state index is 11.5. The van der Waals surface area contributed by atoms with Gasteiger partial charge < -0.3 is 9.47 Å². The van der Waals surface area contributed by atoms with Crippen molar-refractivity contribution in [2.45, 2.75) is 39.5 Å². The molecule has 0 aromatic carbocycles. The van der Waals surface area contributed by atoms with Crippen LogP contribution in [0.3, 0.4) is 0 Å². The Hall–Kier alpha value is -1.06. The molecule has 0 saturated heterocycles. The molecule has 0 N–H and O–H groups in total. The van der Waals surface area contributed by atoms with E-state index in [2.05, 4.69) is 0 Å². The van der Waals surface area contributed by atoms with Crippen molar-refractivity contribution in [2.24, 2.45) is 11.8 Å². The summed E-state index contributed by atoms with van der Waals surface area (Å²) in [5.74, 6) is -0.584. The zero-order chi connectivity index (χ0) is 12.0. The number of carbonyl (C=O) groups excluding carboxylic acids is 2. The normalized spacial score (nSPS) is 24.9. The van der Waals surface area contributed by atoms with Crippen molar-refractivity contribution >= 4 is 11.9 Å². The fraction of sp³-hybridized carbons (Fsp3) is 0.833. The predicted molar refractivity (Wildman–Crippen MR) is 58.7 cm³/mol. The van der Waals surface area contributed by atoms with Gasteiger partial charge in [0.25, 0.3) is 0 Å². The third-order valence-corrected chi connectivity index (χ3v) is 2.91. The highest BCUT2D eigenvalue weighted by Crippen LogP contribution is 2.30. The average molecular weight is 228 g/mol. The van der Waals surface area contributed by atoms with Gasteiger partial charge in [0.1, 0.15) is 0 Å². The third kappa shape index (κ3) is 3.51. The highest BCUT2D eigenvalue weighted by molar-refractivity contribution is 5.76. The van der Waals surface area contributed by atoms with E-state index in [-0.39, 0.29) is 23.8 Å². The number of esters is 2. The van der Waals surface area contributed by atoms with Crippen LogP contribution in [0, 0.1) is 11.8 Å². The summed E-state index contributed by atoms with van der Waals surface area (Å²) in [4.78, 5) is 23.1. The summed E-state index contributed by atoms with van der Waals surface area (Å²) >= 11 is 0. The second kappa shape index (κ2) is 6.51. The van der Waals surface area contributed by atoms with E-state index in [1.807, 2.05) is 0 Å². The number of rotatable bonds is 4. The molecule has 0 bridgehead atoms. The van der Waals surface area contributed by atoms with E-state index in [4.69, 9.17) is 9.47 Å². The summed E-state index contributed by atoms with van der Waals surface area (Å²) < 4.78 is 9.96. The Balaban J connectivity index is 2.46. The van der Waals surface area contributed by atoms with Crippen molar-refractivity contribution in [3.8, 4) is 0 Å². The lowest BCUT2D eigenvalue weighted by Crippen LogP contribution is -2.29. The highest BCUT2D eigenvalue weighted by Gasteiger charge is 2.32. The number of carbonyl (C=O) groups is 2. The van der Waals surface area contributed by atoms with Crippen LogP contribution >= 0.6 is 0 Å². The largest absolute Gasteiger partial charge is 0.466 e. The molecule has 1 rings (SSSR count). The molecule has 0 radical (unpaired) electrons. The van der Waals surface area contributed by atoms with Crippen LogP contribution in [0.4, 0.5) is 0 Å². The first-order chi connectivity index (χ1) is 7.69. The van der Waals surface area contributed by atoms with E-state index in [1.165, 1.54) is 0 Å². The van der Waals surface area contributed by atoms with Gasteiger partial charge in [0, 0.05) is 0 Å². The zero-order valence-corrected chi connectivity index (χ0v) is 10.0. The molecule has 1 aliphatic rings. The topological polar surface area (TPSA) is 52.6 Å². The van der Waals surface area contributed by atoms with Gasteiger partial charge in [0.05, 0.1) is 25.0 Å². The summed E-state index contributed by atoms with van der Waals surface area (Å²) in [5.41, 5.74) is 0. The third-order valence-electron chi connectivity index (χ3n) is 2.91. The van der Waals surface area contributed by atoms with Gasteiger partial charge >= 0.3 is 11.9 Å².